The van der Waals surface area contributed by atoms with E-state index in [-0.39, 0.29) is 0 Å². The summed E-state index contributed by atoms with van der Waals surface area (Å²) in [4.78, 5) is 9.82. The van der Waals surface area contributed by atoms with Gasteiger partial charge in [0, 0.05) is 43.5 Å². The molecule has 0 spiro atoms. The van der Waals surface area contributed by atoms with Crippen LogP contribution in [0.5, 0.6) is 0 Å². The molecule has 0 bridgehead atoms. The van der Waals surface area contributed by atoms with Gasteiger partial charge < -0.3 is 10.1 Å². The molecule has 0 radical (unpaired) electrons. The minimum absolute atomic E-state index is 0.430. The second-order valence-corrected chi connectivity index (χ2v) is 6.01. The molecule has 4 rings (SSSR count). The van der Waals surface area contributed by atoms with Gasteiger partial charge in [-0.3, -0.25) is 0 Å². The number of nitrogens with one attached hydrogen (secondary N) is 1. The Balaban J connectivity index is 1.75. The number of rotatable bonds is 2. The topological polar surface area (TPSA) is 47.0 Å². The summed E-state index contributed by atoms with van der Waals surface area (Å²) in [6, 6.07) is 0. The second kappa shape index (κ2) is 4.84. The van der Waals surface area contributed by atoms with Gasteiger partial charge >= 0.3 is 0 Å². The zero-order valence-electron chi connectivity index (χ0n) is 11.3. The third-order valence-electron chi connectivity index (χ3n) is 4.77. The fraction of sp³-hybridized carbons (Fsp3) is 0.733. The highest BCUT2D eigenvalue weighted by atomic mass is 16.5. The first-order chi connectivity index (χ1) is 9.42. The van der Waals surface area contributed by atoms with Crippen molar-refractivity contribution in [3.63, 3.8) is 0 Å². The summed E-state index contributed by atoms with van der Waals surface area (Å²) in [7, 11) is 0. The van der Waals surface area contributed by atoms with E-state index in [0.717, 1.165) is 45.0 Å². The van der Waals surface area contributed by atoms with Crippen LogP contribution in [0, 0.1) is 0 Å². The number of ether oxygens (including phenoxy) is 1. The Morgan fingerprint density at radius 3 is 2.79 bits per heavy atom. The predicted octanol–water partition coefficient (Wildman–Crippen LogP) is 1.89. The van der Waals surface area contributed by atoms with Crippen LogP contribution in [0.15, 0.2) is 0 Å². The van der Waals surface area contributed by atoms with E-state index < -0.39 is 0 Å². The summed E-state index contributed by atoms with van der Waals surface area (Å²) >= 11 is 0. The largest absolute Gasteiger partial charge is 0.381 e. The van der Waals surface area contributed by atoms with E-state index in [9.17, 15) is 0 Å². The zero-order chi connectivity index (χ0) is 12.7. The lowest BCUT2D eigenvalue weighted by Gasteiger charge is -2.30. The van der Waals surface area contributed by atoms with Gasteiger partial charge in [0.05, 0.1) is 18.0 Å². The Morgan fingerprint density at radius 2 is 2.05 bits per heavy atom. The Hall–Kier alpha value is -1.00. The summed E-state index contributed by atoms with van der Waals surface area (Å²) in [5, 5.41) is 3.47. The highest BCUT2D eigenvalue weighted by Crippen LogP contribution is 2.39. The molecule has 3 aliphatic rings. The molecule has 19 heavy (non-hydrogen) atoms. The maximum atomic E-state index is 5.50. The number of nitrogens with zero attached hydrogens (tertiary/aromatic N) is 2. The van der Waals surface area contributed by atoms with Crippen LogP contribution in [-0.4, -0.2) is 29.7 Å². The van der Waals surface area contributed by atoms with Gasteiger partial charge in [-0.05, 0) is 19.3 Å². The fourth-order valence-corrected chi connectivity index (χ4v) is 3.33. The molecule has 0 amide bonds. The zero-order valence-corrected chi connectivity index (χ0v) is 11.3. The van der Waals surface area contributed by atoms with Gasteiger partial charge in [-0.15, -0.1) is 0 Å². The summed E-state index contributed by atoms with van der Waals surface area (Å²) in [6.45, 7) is 3.68. The number of aromatic nitrogens is 2. The molecule has 3 heterocycles. The maximum Gasteiger partial charge on any atom is 0.134 e. The number of hydrogen-bond donors (Lipinski definition) is 1. The standard InChI is InChI=1S/C15H21N3O/c1-2-10(3-1)14-12-8-16-6-4-13(12)17-15(18-14)11-5-7-19-9-11/h10-11,16H,1-9H2. The molecular weight excluding hydrogens is 238 g/mol. The highest BCUT2D eigenvalue weighted by molar-refractivity contribution is 5.32. The van der Waals surface area contributed by atoms with Gasteiger partial charge in [0.15, 0.2) is 0 Å². The monoisotopic (exact) mass is 259 g/mol. The SMILES string of the molecule is C1CC(c2nc(C3CCOC3)nc3c2CNCC3)C1. The van der Waals surface area contributed by atoms with Crippen LogP contribution in [0.25, 0.3) is 0 Å². The highest BCUT2D eigenvalue weighted by Gasteiger charge is 2.30. The number of hydrogen-bond acceptors (Lipinski definition) is 4. The van der Waals surface area contributed by atoms with Crippen LogP contribution in [0.1, 0.15) is 60.3 Å². The van der Waals surface area contributed by atoms with E-state index in [4.69, 9.17) is 14.7 Å². The van der Waals surface area contributed by atoms with Crippen molar-refractivity contribution >= 4 is 0 Å². The summed E-state index contributed by atoms with van der Waals surface area (Å²) in [5.41, 5.74) is 4.06. The van der Waals surface area contributed by atoms with Gasteiger partial charge in [-0.1, -0.05) is 6.42 Å². The molecule has 1 aromatic rings. The van der Waals surface area contributed by atoms with Crippen molar-refractivity contribution in [1.29, 1.82) is 0 Å². The molecule has 1 saturated carbocycles. The van der Waals surface area contributed by atoms with Crippen LogP contribution in [-0.2, 0) is 17.7 Å². The van der Waals surface area contributed by atoms with E-state index in [1.165, 1.54) is 36.2 Å². The first kappa shape index (κ1) is 11.8. The first-order valence-electron chi connectivity index (χ1n) is 7.60. The molecule has 1 saturated heterocycles. The Morgan fingerprint density at radius 1 is 1.11 bits per heavy atom. The minimum Gasteiger partial charge on any atom is -0.381 e. The van der Waals surface area contributed by atoms with Crippen LogP contribution in [0.3, 0.4) is 0 Å². The van der Waals surface area contributed by atoms with E-state index in [1.54, 1.807) is 0 Å². The van der Waals surface area contributed by atoms with Gasteiger partial charge in [0.2, 0.25) is 0 Å². The molecular formula is C15H21N3O. The van der Waals surface area contributed by atoms with Crippen molar-refractivity contribution in [1.82, 2.24) is 15.3 Å². The Kier molecular flexibility index (Phi) is 3.00. The van der Waals surface area contributed by atoms with Crippen molar-refractivity contribution < 1.29 is 4.74 Å². The maximum absolute atomic E-state index is 5.50. The average molecular weight is 259 g/mol. The first-order valence-corrected chi connectivity index (χ1v) is 7.60. The third-order valence-corrected chi connectivity index (χ3v) is 4.77. The van der Waals surface area contributed by atoms with Gasteiger partial charge in [0.25, 0.3) is 0 Å². The molecule has 1 atom stereocenters. The molecule has 4 nitrogen and oxygen atoms in total. The molecule has 102 valence electrons. The molecule has 2 fully saturated rings. The van der Waals surface area contributed by atoms with Gasteiger partial charge in [-0.25, -0.2) is 9.97 Å². The van der Waals surface area contributed by atoms with E-state index in [2.05, 4.69) is 5.32 Å². The van der Waals surface area contributed by atoms with E-state index in [0.29, 0.717) is 11.8 Å². The van der Waals surface area contributed by atoms with Crippen molar-refractivity contribution in [2.24, 2.45) is 0 Å². The van der Waals surface area contributed by atoms with Crippen LogP contribution in [0.2, 0.25) is 0 Å². The smallest absolute Gasteiger partial charge is 0.134 e. The lowest BCUT2D eigenvalue weighted by molar-refractivity contribution is 0.193. The van der Waals surface area contributed by atoms with Crippen LogP contribution in [0.4, 0.5) is 0 Å². The van der Waals surface area contributed by atoms with Crippen molar-refractivity contribution in [2.75, 3.05) is 19.8 Å². The lowest BCUT2D eigenvalue weighted by atomic mass is 9.80. The molecule has 1 aromatic heterocycles. The van der Waals surface area contributed by atoms with Crippen molar-refractivity contribution in [2.45, 2.75) is 50.5 Å². The third kappa shape index (κ3) is 2.07. The van der Waals surface area contributed by atoms with Gasteiger partial charge in [0.1, 0.15) is 5.82 Å². The molecule has 1 aliphatic carbocycles. The van der Waals surface area contributed by atoms with E-state index >= 15 is 0 Å². The predicted molar refractivity (Wildman–Crippen MR) is 72.2 cm³/mol. The quantitative estimate of drug-likeness (QED) is 0.881. The van der Waals surface area contributed by atoms with Crippen LogP contribution < -0.4 is 5.32 Å². The molecule has 1 unspecified atom stereocenters. The average Bonchev–Trinajstić information content (AvgIpc) is 2.90. The Bertz CT molecular complexity index is 479. The van der Waals surface area contributed by atoms with Crippen molar-refractivity contribution in [3.8, 4) is 0 Å². The number of fused-ring (bicyclic) bond motifs is 1. The van der Waals surface area contributed by atoms with Gasteiger partial charge in [-0.2, -0.15) is 0 Å². The fourth-order valence-electron chi connectivity index (χ4n) is 3.33. The summed E-state index contributed by atoms with van der Waals surface area (Å²) in [6.07, 6.45) is 6.12. The summed E-state index contributed by atoms with van der Waals surface area (Å²) < 4.78 is 5.50. The van der Waals surface area contributed by atoms with Crippen molar-refractivity contribution in [3.05, 3.63) is 22.8 Å². The van der Waals surface area contributed by atoms with Crippen LogP contribution >= 0.6 is 0 Å². The molecule has 0 aromatic carbocycles. The molecule has 1 N–H and O–H groups in total. The second-order valence-electron chi connectivity index (χ2n) is 6.01. The minimum atomic E-state index is 0.430. The normalized spacial score (nSPS) is 27.1. The van der Waals surface area contributed by atoms with E-state index in [1.807, 2.05) is 0 Å². The molecule has 4 heteroatoms. The lowest BCUT2D eigenvalue weighted by Crippen LogP contribution is -2.29. The Labute approximate surface area is 114 Å². The molecule has 2 aliphatic heterocycles. The summed E-state index contributed by atoms with van der Waals surface area (Å²) in [5.74, 6) is 2.18.